The molecule has 0 aliphatic carbocycles. The van der Waals surface area contributed by atoms with E-state index < -0.39 is 0 Å². The van der Waals surface area contributed by atoms with Crippen LogP contribution in [0.25, 0.3) is 0 Å². The van der Waals surface area contributed by atoms with Crippen LogP contribution in [0.5, 0.6) is 11.5 Å². The van der Waals surface area contributed by atoms with Crippen molar-refractivity contribution in [1.82, 2.24) is 15.5 Å². The van der Waals surface area contributed by atoms with Crippen molar-refractivity contribution >= 4 is 29.9 Å². The van der Waals surface area contributed by atoms with Crippen LogP contribution in [0.15, 0.2) is 23.2 Å². The van der Waals surface area contributed by atoms with E-state index in [1.54, 1.807) is 0 Å². The summed E-state index contributed by atoms with van der Waals surface area (Å²) in [6.45, 7) is 7.94. The highest BCUT2D eigenvalue weighted by atomic mass is 127. The first kappa shape index (κ1) is 20.1. The van der Waals surface area contributed by atoms with Crippen molar-refractivity contribution < 1.29 is 9.47 Å². The van der Waals surface area contributed by atoms with Gasteiger partial charge in [-0.3, -0.25) is 4.99 Å². The smallest absolute Gasteiger partial charge is 0.231 e. The molecule has 2 N–H and O–H groups in total. The van der Waals surface area contributed by atoms with Gasteiger partial charge in [0.15, 0.2) is 17.5 Å². The van der Waals surface area contributed by atoms with Crippen LogP contribution in [0.2, 0.25) is 0 Å². The summed E-state index contributed by atoms with van der Waals surface area (Å²) in [5, 5.41) is 6.84. The maximum Gasteiger partial charge on any atom is 0.231 e. The molecule has 140 valence electrons. The zero-order chi connectivity index (χ0) is 16.8. The lowest BCUT2D eigenvalue weighted by Crippen LogP contribution is -2.41. The SMILES string of the molecule is CCN1CCC(CNC(=NC)NCCc2ccc3c(c2)OCO3)C1.I. The van der Waals surface area contributed by atoms with Gasteiger partial charge in [0.25, 0.3) is 0 Å². The molecule has 0 amide bonds. The van der Waals surface area contributed by atoms with Crippen molar-refractivity contribution in [3.63, 3.8) is 0 Å². The maximum atomic E-state index is 5.42. The van der Waals surface area contributed by atoms with E-state index in [4.69, 9.17) is 9.47 Å². The van der Waals surface area contributed by atoms with Crippen molar-refractivity contribution in [3.8, 4) is 11.5 Å². The van der Waals surface area contributed by atoms with Crippen molar-refractivity contribution in [2.24, 2.45) is 10.9 Å². The lowest BCUT2D eigenvalue weighted by atomic mass is 10.1. The minimum atomic E-state index is 0. The molecular formula is C18H29IN4O2. The number of hydrogen-bond acceptors (Lipinski definition) is 4. The fraction of sp³-hybridized carbons (Fsp3) is 0.611. The standard InChI is InChI=1S/C18H28N4O2.HI/c1-3-22-9-7-15(12-22)11-21-18(19-2)20-8-6-14-4-5-16-17(10-14)24-13-23-16;/h4-5,10,15H,3,6-9,11-13H2,1-2H3,(H2,19,20,21);1H. The topological polar surface area (TPSA) is 58.1 Å². The Kier molecular flexibility index (Phi) is 8.08. The third kappa shape index (κ3) is 5.64. The number of hydrogen-bond donors (Lipinski definition) is 2. The summed E-state index contributed by atoms with van der Waals surface area (Å²) < 4.78 is 10.8. The Hall–Kier alpha value is -1.22. The molecule has 0 spiro atoms. The number of guanidine groups is 1. The molecule has 1 fully saturated rings. The molecule has 6 nitrogen and oxygen atoms in total. The Labute approximate surface area is 167 Å². The van der Waals surface area contributed by atoms with Gasteiger partial charge in [-0.05, 0) is 49.5 Å². The summed E-state index contributed by atoms with van der Waals surface area (Å²) in [5.74, 6) is 3.28. The molecule has 2 aliphatic rings. The summed E-state index contributed by atoms with van der Waals surface area (Å²) in [6.07, 6.45) is 2.19. The van der Waals surface area contributed by atoms with Crippen LogP contribution in [0.1, 0.15) is 18.9 Å². The van der Waals surface area contributed by atoms with Gasteiger partial charge in [-0.1, -0.05) is 13.0 Å². The molecule has 2 heterocycles. The normalized spacial score (nSPS) is 19.6. The average Bonchev–Trinajstić information content (AvgIpc) is 3.26. The molecule has 3 rings (SSSR count). The van der Waals surface area contributed by atoms with E-state index in [0.29, 0.717) is 6.79 Å². The highest BCUT2D eigenvalue weighted by molar-refractivity contribution is 14.0. The second kappa shape index (κ2) is 10.1. The number of ether oxygens (including phenoxy) is 2. The molecule has 25 heavy (non-hydrogen) atoms. The van der Waals surface area contributed by atoms with E-state index in [0.717, 1.165) is 49.4 Å². The number of likely N-dealkylation sites (tertiary alicyclic amines) is 1. The summed E-state index contributed by atoms with van der Waals surface area (Å²) in [6, 6.07) is 6.12. The predicted molar refractivity (Wildman–Crippen MR) is 111 cm³/mol. The van der Waals surface area contributed by atoms with E-state index in [1.165, 1.54) is 25.1 Å². The minimum absolute atomic E-state index is 0. The van der Waals surface area contributed by atoms with E-state index in [-0.39, 0.29) is 24.0 Å². The van der Waals surface area contributed by atoms with Crippen molar-refractivity contribution in [1.29, 1.82) is 0 Å². The molecular weight excluding hydrogens is 431 g/mol. The quantitative estimate of drug-likeness (QED) is 0.387. The molecule has 0 saturated carbocycles. The van der Waals surface area contributed by atoms with Crippen LogP contribution in [-0.2, 0) is 6.42 Å². The second-order valence-corrected chi connectivity index (χ2v) is 6.37. The Morgan fingerprint density at radius 2 is 2.12 bits per heavy atom. The highest BCUT2D eigenvalue weighted by Gasteiger charge is 2.21. The number of fused-ring (bicyclic) bond motifs is 1. The first-order valence-electron chi connectivity index (χ1n) is 8.84. The van der Waals surface area contributed by atoms with Gasteiger partial charge in [0, 0.05) is 26.7 Å². The van der Waals surface area contributed by atoms with Gasteiger partial charge in [0.2, 0.25) is 6.79 Å². The van der Waals surface area contributed by atoms with Crippen LogP contribution in [0.3, 0.4) is 0 Å². The fourth-order valence-electron chi connectivity index (χ4n) is 3.25. The van der Waals surface area contributed by atoms with Gasteiger partial charge in [-0.25, -0.2) is 0 Å². The van der Waals surface area contributed by atoms with Crippen molar-refractivity contribution in [2.75, 3.05) is 46.6 Å². The van der Waals surface area contributed by atoms with Gasteiger partial charge in [-0.15, -0.1) is 24.0 Å². The zero-order valence-corrected chi connectivity index (χ0v) is 17.4. The third-order valence-corrected chi connectivity index (χ3v) is 4.74. The molecule has 7 heteroatoms. The largest absolute Gasteiger partial charge is 0.454 e. The van der Waals surface area contributed by atoms with Gasteiger partial charge in [-0.2, -0.15) is 0 Å². The Bertz CT molecular complexity index is 582. The average molecular weight is 460 g/mol. The lowest BCUT2D eigenvalue weighted by Gasteiger charge is -2.16. The number of benzene rings is 1. The molecule has 1 aromatic rings. The highest BCUT2D eigenvalue weighted by Crippen LogP contribution is 2.32. The summed E-state index contributed by atoms with van der Waals surface area (Å²) in [5.41, 5.74) is 1.23. The van der Waals surface area contributed by atoms with E-state index >= 15 is 0 Å². The van der Waals surface area contributed by atoms with E-state index in [2.05, 4.69) is 39.6 Å². The molecule has 1 aromatic carbocycles. The first-order chi connectivity index (χ1) is 11.8. The first-order valence-corrected chi connectivity index (χ1v) is 8.84. The zero-order valence-electron chi connectivity index (χ0n) is 15.1. The molecule has 0 aromatic heterocycles. The Morgan fingerprint density at radius 3 is 2.88 bits per heavy atom. The minimum Gasteiger partial charge on any atom is -0.454 e. The van der Waals surface area contributed by atoms with Crippen LogP contribution in [-0.4, -0.2) is 57.4 Å². The monoisotopic (exact) mass is 460 g/mol. The van der Waals surface area contributed by atoms with Crippen molar-refractivity contribution in [3.05, 3.63) is 23.8 Å². The Balaban J connectivity index is 0.00000225. The van der Waals surface area contributed by atoms with Gasteiger partial charge >= 0.3 is 0 Å². The second-order valence-electron chi connectivity index (χ2n) is 6.37. The summed E-state index contributed by atoms with van der Waals surface area (Å²) in [4.78, 5) is 6.82. The predicted octanol–water partition coefficient (Wildman–Crippen LogP) is 2.08. The molecule has 1 saturated heterocycles. The summed E-state index contributed by atoms with van der Waals surface area (Å²) in [7, 11) is 1.82. The number of aliphatic imine (C=N–C) groups is 1. The summed E-state index contributed by atoms with van der Waals surface area (Å²) >= 11 is 0. The number of nitrogens with zero attached hydrogens (tertiary/aromatic N) is 2. The molecule has 1 unspecified atom stereocenters. The molecule has 1 atom stereocenters. The van der Waals surface area contributed by atoms with Crippen LogP contribution < -0.4 is 20.1 Å². The lowest BCUT2D eigenvalue weighted by molar-refractivity contribution is 0.174. The molecule has 0 bridgehead atoms. The van der Waals surface area contributed by atoms with Crippen molar-refractivity contribution in [2.45, 2.75) is 19.8 Å². The maximum absolute atomic E-state index is 5.42. The van der Waals surface area contributed by atoms with E-state index in [9.17, 15) is 0 Å². The molecule has 2 aliphatic heterocycles. The van der Waals surface area contributed by atoms with Crippen LogP contribution >= 0.6 is 24.0 Å². The van der Waals surface area contributed by atoms with E-state index in [1.807, 2.05) is 13.1 Å². The number of halogens is 1. The van der Waals surface area contributed by atoms with Crippen LogP contribution in [0.4, 0.5) is 0 Å². The van der Waals surface area contributed by atoms with Gasteiger partial charge in [0.05, 0.1) is 0 Å². The third-order valence-electron chi connectivity index (χ3n) is 4.74. The fourth-order valence-corrected chi connectivity index (χ4v) is 3.25. The number of rotatable bonds is 6. The molecule has 0 radical (unpaired) electrons. The van der Waals surface area contributed by atoms with Gasteiger partial charge < -0.3 is 25.0 Å². The van der Waals surface area contributed by atoms with Crippen LogP contribution in [0, 0.1) is 5.92 Å². The van der Waals surface area contributed by atoms with Gasteiger partial charge in [0.1, 0.15) is 0 Å². The Morgan fingerprint density at radius 1 is 1.28 bits per heavy atom. The number of nitrogens with one attached hydrogen (secondary N) is 2.